The Kier molecular flexibility index (Phi) is 3.65. The third kappa shape index (κ3) is 3.84. The zero-order valence-electron chi connectivity index (χ0n) is 9.07. The number of hydrogen-bond acceptors (Lipinski definition) is 3. The highest BCUT2D eigenvalue weighted by atomic mass is 32.1. The van der Waals surface area contributed by atoms with Crippen molar-refractivity contribution in [2.45, 2.75) is 19.6 Å². The molecule has 0 spiro atoms. The quantitative estimate of drug-likeness (QED) is 0.358. The van der Waals surface area contributed by atoms with Gasteiger partial charge in [0.05, 0.1) is 11.6 Å². The maximum absolute atomic E-state index is 5.62. The summed E-state index contributed by atoms with van der Waals surface area (Å²) in [5, 5.41) is 5.01. The predicted molar refractivity (Wildman–Crippen MR) is 69.2 cm³/mol. The van der Waals surface area contributed by atoms with Gasteiger partial charge in [0.1, 0.15) is 13.8 Å². The van der Waals surface area contributed by atoms with Crippen LogP contribution in [0.4, 0.5) is 0 Å². The molecule has 1 aromatic rings. The fraction of sp³-hybridized carbons (Fsp3) is 0.333. The Bertz CT molecular complexity index is 381. The molecule has 0 aliphatic heterocycles. The van der Waals surface area contributed by atoms with Crippen molar-refractivity contribution in [3.63, 3.8) is 0 Å². The third-order valence-electron chi connectivity index (χ3n) is 1.73. The molecular formula is C9H15N3OSSi. The minimum absolute atomic E-state index is 0.142. The van der Waals surface area contributed by atoms with E-state index in [1.165, 1.54) is 0 Å². The number of thiocarbonyl (C=S) groups is 1. The van der Waals surface area contributed by atoms with Crippen molar-refractivity contribution in [3.05, 3.63) is 17.9 Å². The molecule has 0 aliphatic rings. The molecule has 0 amide bonds. The van der Waals surface area contributed by atoms with Gasteiger partial charge in [-0.05, 0) is 24.4 Å². The highest BCUT2D eigenvalue weighted by Crippen LogP contribution is 2.04. The summed E-state index contributed by atoms with van der Waals surface area (Å²) in [6.07, 6.45) is 1.56. The van der Waals surface area contributed by atoms with Crippen LogP contribution < -0.4 is 16.5 Å². The van der Waals surface area contributed by atoms with Crippen LogP contribution in [0.3, 0.4) is 0 Å². The molecule has 0 atom stereocenters. The molecule has 1 rings (SSSR count). The summed E-state index contributed by atoms with van der Waals surface area (Å²) in [7, 11) is -1.37. The Morgan fingerprint density at radius 3 is 2.67 bits per heavy atom. The van der Waals surface area contributed by atoms with Gasteiger partial charge in [0.15, 0.2) is 5.11 Å². The first-order chi connectivity index (χ1) is 6.89. The molecule has 0 fully saturated rings. The second-order valence-corrected chi connectivity index (χ2v) is 9.62. The largest absolute Gasteiger partial charge is 0.465 e. The molecule has 0 bridgehead atoms. The molecule has 0 saturated heterocycles. The summed E-state index contributed by atoms with van der Waals surface area (Å²) in [6, 6.07) is 3.88. The fourth-order valence-electron chi connectivity index (χ4n) is 0.985. The van der Waals surface area contributed by atoms with E-state index in [-0.39, 0.29) is 5.11 Å². The van der Waals surface area contributed by atoms with Crippen molar-refractivity contribution in [1.29, 1.82) is 0 Å². The molecule has 15 heavy (non-hydrogen) atoms. The zero-order valence-corrected chi connectivity index (χ0v) is 10.9. The molecule has 6 heteroatoms. The number of nitrogens with two attached hydrogens (primary N) is 1. The molecule has 82 valence electrons. The molecular weight excluding hydrogens is 226 g/mol. The van der Waals surface area contributed by atoms with E-state index in [1.54, 1.807) is 6.21 Å². The van der Waals surface area contributed by atoms with E-state index in [2.05, 4.69) is 42.4 Å². The van der Waals surface area contributed by atoms with Gasteiger partial charge < -0.3 is 10.2 Å². The first kappa shape index (κ1) is 11.9. The number of hydrogen-bond donors (Lipinski definition) is 2. The van der Waals surface area contributed by atoms with Crippen LogP contribution in [0.25, 0.3) is 0 Å². The Labute approximate surface area is 95.5 Å². The van der Waals surface area contributed by atoms with Crippen molar-refractivity contribution < 1.29 is 4.42 Å². The van der Waals surface area contributed by atoms with Crippen molar-refractivity contribution in [2.75, 3.05) is 0 Å². The van der Waals surface area contributed by atoms with E-state index in [0.29, 0.717) is 5.76 Å². The monoisotopic (exact) mass is 241 g/mol. The van der Waals surface area contributed by atoms with E-state index in [4.69, 9.17) is 10.2 Å². The van der Waals surface area contributed by atoms with Gasteiger partial charge in [0.25, 0.3) is 0 Å². The van der Waals surface area contributed by atoms with E-state index >= 15 is 0 Å². The molecule has 0 radical (unpaired) electrons. The molecule has 1 heterocycles. The fourth-order valence-corrected chi connectivity index (χ4v) is 2.04. The predicted octanol–water partition coefficient (Wildman–Crippen LogP) is 0.992. The highest BCUT2D eigenvalue weighted by Gasteiger charge is 2.20. The van der Waals surface area contributed by atoms with E-state index in [1.807, 2.05) is 12.1 Å². The van der Waals surface area contributed by atoms with Gasteiger partial charge in [0, 0.05) is 0 Å². The second-order valence-electron chi connectivity index (χ2n) is 4.19. The van der Waals surface area contributed by atoms with Crippen LogP contribution in [-0.2, 0) is 0 Å². The van der Waals surface area contributed by atoms with Gasteiger partial charge in [-0.1, -0.05) is 19.6 Å². The van der Waals surface area contributed by atoms with Crippen LogP contribution in [0.2, 0.25) is 19.6 Å². The van der Waals surface area contributed by atoms with Crippen molar-refractivity contribution in [2.24, 2.45) is 10.8 Å². The van der Waals surface area contributed by atoms with Gasteiger partial charge in [0.2, 0.25) is 0 Å². The maximum atomic E-state index is 5.62. The van der Waals surface area contributed by atoms with Crippen LogP contribution in [-0.4, -0.2) is 19.4 Å². The van der Waals surface area contributed by atoms with Crippen LogP contribution in [0.15, 0.2) is 21.7 Å². The summed E-state index contributed by atoms with van der Waals surface area (Å²) >= 11 is 4.60. The Morgan fingerprint density at radius 2 is 2.20 bits per heavy atom. The number of nitrogens with one attached hydrogen (secondary N) is 1. The smallest absolute Gasteiger partial charge is 0.184 e. The Morgan fingerprint density at radius 1 is 1.53 bits per heavy atom. The highest BCUT2D eigenvalue weighted by molar-refractivity contribution is 7.80. The normalized spacial score (nSPS) is 11.9. The molecule has 0 saturated carbocycles. The number of nitrogens with zero attached hydrogens (tertiary/aromatic N) is 1. The lowest BCUT2D eigenvalue weighted by Gasteiger charge is -2.10. The minimum atomic E-state index is -1.37. The van der Waals surface area contributed by atoms with Crippen molar-refractivity contribution >= 4 is 37.0 Å². The van der Waals surface area contributed by atoms with Crippen LogP contribution >= 0.6 is 12.2 Å². The first-order valence-corrected chi connectivity index (χ1v) is 8.49. The zero-order chi connectivity index (χ0) is 11.5. The second kappa shape index (κ2) is 4.58. The lowest BCUT2D eigenvalue weighted by Crippen LogP contribution is -2.36. The van der Waals surface area contributed by atoms with Gasteiger partial charge in [-0.3, -0.25) is 5.43 Å². The molecule has 3 N–H and O–H groups in total. The average Bonchev–Trinajstić information content (AvgIpc) is 2.51. The van der Waals surface area contributed by atoms with E-state index < -0.39 is 8.07 Å². The molecule has 0 aliphatic carbocycles. The average molecular weight is 241 g/mol. The summed E-state index contributed by atoms with van der Waals surface area (Å²) in [5.41, 5.74) is 7.69. The topological polar surface area (TPSA) is 63.5 Å². The first-order valence-electron chi connectivity index (χ1n) is 4.58. The minimum Gasteiger partial charge on any atom is -0.465 e. The standard InChI is InChI=1S/C9H15N3OSSi/c1-15(2,3)8-5-4-7(13-8)6-11-12-9(10)14/h4-6H,1-3H3,(H3,10,12,14). The maximum Gasteiger partial charge on any atom is 0.184 e. The number of rotatable bonds is 3. The lowest BCUT2D eigenvalue weighted by atomic mass is 10.5. The number of hydrazone groups is 1. The summed E-state index contributed by atoms with van der Waals surface area (Å²) in [6.45, 7) is 6.67. The SMILES string of the molecule is C[Si](C)(C)c1ccc(C=NNC(N)=S)o1. The van der Waals surface area contributed by atoms with Crippen LogP contribution in [0.5, 0.6) is 0 Å². The number of furan rings is 1. The third-order valence-corrected chi connectivity index (χ3v) is 3.57. The van der Waals surface area contributed by atoms with Gasteiger partial charge in [-0.2, -0.15) is 5.10 Å². The summed E-state index contributed by atoms with van der Waals surface area (Å²) in [5.74, 6) is 0.705. The Hall–Kier alpha value is -1.14. The van der Waals surface area contributed by atoms with E-state index in [0.717, 1.165) is 5.38 Å². The molecule has 0 unspecified atom stereocenters. The van der Waals surface area contributed by atoms with Gasteiger partial charge >= 0.3 is 0 Å². The molecule has 4 nitrogen and oxygen atoms in total. The van der Waals surface area contributed by atoms with Crippen molar-refractivity contribution in [3.8, 4) is 0 Å². The molecule has 1 aromatic heterocycles. The summed E-state index contributed by atoms with van der Waals surface area (Å²) in [4.78, 5) is 0. The molecule has 0 aromatic carbocycles. The Balaban J connectivity index is 2.69. The summed E-state index contributed by atoms with van der Waals surface area (Å²) < 4.78 is 5.62. The lowest BCUT2D eigenvalue weighted by molar-refractivity contribution is 0.589. The van der Waals surface area contributed by atoms with Gasteiger partial charge in [-0.25, -0.2) is 0 Å². The van der Waals surface area contributed by atoms with E-state index in [9.17, 15) is 0 Å². The van der Waals surface area contributed by atoms with Crippen molar-refractivity contribution in [1.82, 2.24) is 5.43 Å². The van der Waals surface area contributed by atoms with Gasteiger partial charge in [-0.15, -0.1) is 0 Å². The van der Waals surface area contributed by atoms with Crippen LogP contribution in [0.1, 0.15) is 5.76 Å². The van der Waals surface area contributed by atoms with Crippen LogP contribution in [0, 0.1) is 0 Å².